The Hall–Kier alpha value is -2.12. The van der Waals surface area contributed by atoms with Crippen LogP contribution < -0.4 is 0 Å². The SMILES string of the molecule is Cc1csc(/C(C#N)=C/N(C)[C@H](C)c2ccccc2)n1. The van der Waals surface area contributed by atoms with Crippen LogP contribution in [0.3, 0.4) is 0 Å². The fourth-order valence-corrected chi connectivity index (χ4v) is 2.65. The van der Waals surface area contributed by atoms with Crippen LogP contribution in [-0.4, -0.2) is 16.9 Å². The van der Waals surface area contributed by atoms with Crippen molar-refractivity contribution in [2.45, 2.75) is 19.9 Å². The van der Waals surface area contributed by atoms with Crippen molar-refractivity contribution < 1.29 is 0 Å². The van der Waals surface area contributed by atoms with Gasteiger partial charge in [-0.3, -0.25) is 0 Å². The number of hydrogen-bond acceptors (Lipinski definition) is 4. The molecule has 1 heterocycles. The second-order valence-corrected chi connectivity index (χ2v) is 5.56. The number of rotatable bonds is 4. The first-order chi connectivity index (χ1) is 9.61. The summed E-state index contributed by atoms with van der Waals surface area (Å²) in [7, 11) is 1.98. The molecule has 0 unspecified atom stereocenters. The van der Waals surface area contributed by atoms with Crippen molar-refractivity contribution >= 4 is 16.9 Å². The maximum atomic E-state index is 9.31. The number of nitrogens with zero attached hydrogens (tertiary/aromatic N) is 3. The van der Waals surface area contributed by atoms with Crippen LogP contribution in [0.1, 0.15) is 29.2 Å². The van der Waals surface area contributed by atoms with E-state index in [1.807, 2.05) is 48.7 Å². The minimum Gasteiger partial charge on any atom is -0.373 e. The zero-order valence-electron chi connectivity index (χ0n) is 11.9. The lowest BCUT2D eigenvalue weighted by Gasteiger charge is -2.23. The first-order valence-electron chi connectivity index (χ1n) is 6.43. The number of benzene rings is 1. The average Bonchev–Trinajstić information content (AvgIpc) is 2.91. The van der Waals surface area contributed by atoms with Gasteiger partial charge in [-0.1, -0.05) is 30.3 Å². The molecule has 0 spiro atoms. The van der Waals surface area contributed by atoms with E-state index >= 15 is 0 Å². The summed E-state index contributed by atoms with van der Waals surface area (Å²) in [6.45, 7) is 4.05. The third kappa shape index (κ3) is 3.25. The summed E-state index contributed by atoms with van der Waals surface area (Å²) in [5, 5.41) is 12.0. The highest BCUT2D eigenvalue weighted by Crippen LogP contribution is 2.23. The molecule has 0 fully saturated rings. The number of thiazole rings is 1. The lowest BCUT2D eigenvalue weighted by atomic mass is 10.1. The van der Waals surface area contributed by atoms with Crippen LogP contribution >= 0.6 is 11.3 Å². The molecule has 0 aliphatic rings. The molecular formula is C16H17N3S. The van der Waals surface area contributed by atoms with Gasteiger partial charge in [0.2, 0.25) is 0 Å². The second-order valence-electron chi connectivity index (χ2n) is 4.70. The molecule has 0 amide bonds. The normalized spacial score (nSPS) is 12.8. The van der Waals surface area contributed by atoms with E-state index in [4.69, 9.17) is 0 Å². The van der Waals surface area contributed by atoms with Crippen molar-refractivity contribution in [3.8, 4) is 6.07 Å². The van der Waals surface area contributed by atoms with Gasteiger partial charge in [-0.05, 0) is 19.4 Å². The van der Waals surface area contributed by atoms with Gasteiger partial charge in [-0.25, -0.2) is 4.98 Å². The summed E-state index contributed by atoms with van der Waals surface area (Å²) in [5.41, 5.74) is 2.78. The monoisotopic (exact) mass is 283 g/mol. The quantitative estimate of drug-likeness (QED) is 0.796. The van der Waals surface area contributed by atoms with E-state index < -0.39 is 0 Å². The Bertz CT molecular complexity index is 637. The molecule has 2 aromatic rings. The maximum absolute atomic E-state index is 9.31. The Labute approximate surface area is 123 Å². The highest BCUT2D eigenvalue weighted by Gasteiger charge is 2.11. The van der Waals surface area contributed by atoms with E-state index in [-0.39, 0.29) is 6.04 Å². The zero-order valence-corrected chi connectivity index (χ0v) is 12.7. The molecule has 0 saturated heterocycles. The van der Waals surface area contributed by atoms with Gasteiger partial charge in [0.15, 0.2) is 0 Å². The van der Waals surface area contributed by atoms with Crippen LogP contribution in [0, 0.1) is 18.3 Å². The van der Waals surface area contributed by atoms with Gasteiger partial charge in [-0.15, -0.1) is 11.3 Å². The molecule has 1 aromatic carbocycles. The van der Waals surface area contributed by atoms with Gasteiger partial charge in [-0.2, -0.15) is 5.26 Å². The Morgan fingerprint density at radius 1 is 1.40 bits per heavy atom. The van der Waals surface area contributed by atoms with E-state index in [1.165, 1.54) is 16.9 Å². The van der Waals surface area contributed by atoms with Crippen LogP contribution in [0.5, 0.6) is 0 Å². The van der Waals surface area contributed by atoms with Crippen molar-refractivity contribution in [1.29, 1.82) is 5.26 Å². The van der Waals surface area contributed by atoms with E-state index in [0.717, 1.165) is 10.7 Å². The predicted molar refractivity (Wildman–Crippen MR) is 83.1 cm³/mol. The van der Waals surface area contributed by atoms with Crippen molar-refractivity contribution in [2.24, 2.45) is 0 Å². The third-order valence-electron chi connectivity index (χ3n) is 3.20. The second kappa shape index (κ2) is 6.36. The van der Waals surface area contributed by atoms with Crippen molar-refractivity contribution in [2.75, 3.05) is 7.05 Å². The summed E-state index contributed by atoms with van der Waals surface area (Å²) < 4.78 is 0. The lowest BCUT2D eigenvalue weighted by molar-refractivity contribution is 0.362. The molecule has 0 aliphatic carbocycles. The Balaban J connectivity index is 2.22. The molecule has 1 aromatic heterocycles. The third-order valence-corrected chi connectivity index (χ3v) is 4.19. The van der Waals surface area contributed by atoms with E-state index in [9.17, 15) is 5.26 Å². The molecule has 0 N–H and O–H groups in total. The highest BCUT2D eigenvalue weighted by atomic mass is 32.1. The number of nitriles is 1. The van der Waals surface area contributed by atoms with Gasteiger partial charge in [0, 0.05) is 24.3 Å². The van der Waals surface area contributed by atoms with Gasteiger partial charge < -0.3 is 4.90 Å². The Morgan fingerprint density at radius 2 is 2.10 bits per heavy atom. The molecule has 2 rings (SSSR count). The molecule has 0 radical (unpaired) electrons. The molecule has 0 bridgehead atoms. The minimum absolute atomic E-state index is 0.209. The summed E-state index contributed by atoms with van der Waals surface area (Å²) in [6.07, 6.45) is 1.87. The standard InChI is InChI=1S/C16H17N3S/c1-12-11-20-16(18-12)15(9-17)10-19(3)13(2)14-7-5-4-6-8-14/h4-8,10-11,13H,1-3H3/b15-10+/t13-/m1/s1. The number of allylic oxidation sites excluding steroid dienone is 1. The molecule has 0 saturated carbocycles. The van der Waals surface area contributed by atoms with Crippen LogP contribution in [0.15, 0.2) is 41.9 Å². The lowest BCUT2D eigenvalue weighted by Crippen LogP contribution is -2.16. The largest absolute Gasteiger partial charge is 0.373 e. The summed E-state index contributed by atoms with van der Waals surface area (Å²) in [6, 6.07) is 12.7. The number of aryl methyl sites for hydroxylation is 1. The molecule has 1 atom stereocenters. The minimum atomic E-state index is 0.209. The van der Waals surface area contributed by atoms with E-state index in [1.54, 1.807) is 0 Å². The Morgan fingerprint density at radius 3 is 2.65 bits per heavy atom. The maximum Gasteiger partial charge on any atom is 0.135 e. The smallest absolute Gasteiger partial charge is 0.135 e. The molecule has 3 nitrogen and oxygen atoms in total. The highest BCUT2D eigenvalue weighted by molar-refractivity contribution is 7.10. The fourth-order valence-electron chi connectivity index (χ4n) is 1.89. The number of aromatic nitrogens is 1. The summed E-state index contributed by atoms with van der Waals surface area (Å²) >= 11 is 1.50. The van der Waals surface area contributed by atoms with Gasteiger partial charge in [0.05, 0.1) is 6.04 Å². The summed E-state index contributed by atoms with van der Waals surface area (Å²) in [5.74, 6) is 0. The predicted octanol–water partition coefficient (Wildman–Crippen LogP) is 4.01. The van der Waals surface area contributed by atoms with Gasteiger partial charge in [0.1, 0.15) is 16.6 Å². The van der Waals surface area contributed by atoms with Crippen molar-refractivity contribution in [1.82, 2.24) is 9.88 Å². The molecule has 20 heavy (non-hydrogen) atoms. The van der Waals surface area contributed by atoms with Gasteiger partial charge >= 0.3 is 0 Å². The summed E-state index contributed by atoms with van der Waals surface area (Å²) in [4.78, 5) is 6.41. The van der Waals surface area contributed by atoms with E-state index in [2.05, 4.69) is 30.1 Å². The molecular weight excluding hydrogens is 266 g/mol. The number of hydrogen-bond donors (Lipinski definition) is 0. The van der Waals surface area contributed by atoms with Crippen LogP contribution in [-0.2, 0) is 0 Å². The zero-order chi connectivity index (χ0) is 14.5. The molecule has 0 aliphatic heterocycles. The van der Waals surface area contributed by atoms with Gasteiger partial charge in [0.25, 0.3) is 0 Å². The van der Waals surface area contributed by atoms with Crippen molar-refractivity contribution in [3.63, 3.8) is 0 Å². The molecule has 4 heteroatoms. The fraction of sp³-hybridized carbons (Fsp3) is 0.250. The van der Waals surface area contributed by atoms with Crippen molar-refractivity contribution in [3.05, 3.63) is 58.2 Å². The Kier molecular flexibility index (Phi) is 4.54. The first kappa shape index (κ1) is 14.3. The van der Waals surface area contributed by atoms with Crippen LogP contribution in [0.4, 0.5) is 0 Å². The van der Waals surface area contributed by atoms with Crippen LogP contribution in [0.2, 0.25) is 0 Å². The molecule has 102 valence electrons. The van der Waals surface area contributed by atoms with Crippen LogP contribution in [0.25, 0.3) is 5.57 Å². The van der Waals surface area contributed by atoms with E-state index in [0.29, 0.717) is 5.57 Å². The average molecular weight is 283 g/mol. The topological polar surface area (TPSA) is 39.9 Å². The first-order valence-corrected chi connectivity index (χ1v) is 7.31.